The average Bonchev–Trinajstić information content (AvgIpc) is 3.16. The Balaban J connectivity index is 1.96. The number of alkyl halides is 3. The lowest BCUT2D eigenvalue weighted by Crippen LogP contribution is -2.27. The fourth-order valence-corrected chi connectivity index (χ4v) is 2.54. The van der Waals surface area contributed by atoms with Crippen LogP contribution in [0, 0.1) is 5.41 Å². The Hall–Kier alpha value is -1.17. The van der Waals surface area contributed by atoms with Gasteiger partial charge in [-0.3, -0.25) is 4.79 Å². The summed E-state index contributed by atoms with van der Waals surface area (Å²) in [5.74, 6) is 0.424. The van der Waals surface area contributed by atoms with Crippen molar-refractivity contribution in [3.05, 3.63) is 35.4 Å². The van der Waals surface area contributed by atoms with Crippen molar-refractivity contribution < 1.29 is 18.0 Å². The molecule has 0 aromatic heterocycles. The highest BCUT2D eigenvalue weighted by atomic mass is 32.1. The fourth-order valence-electron chi connectivity index (χ4n) is 2.12. The minimum atomic E-state index is -4.40. The lowest BCUT2D eigenvalue weighted by molar-refractivity contribution is -0.138. The minimum absolute atomic E-state index is 0.0310. The molecule has 1 amide bonds. The first-order chi connectivity index (χ1) is 9.36. The second-order valence-corrected chi connectivity index (χ2v) is 5.58. The number of benzene rings is 1. The van der Waals surface area contributed by atoms with E-state index in [9.17, 15) is 18.0 Å². The summed E-state index contributed by atoms with van der Waals surface area (Å²) < 4.78 is 38.4. The standard InChI is InChI=1S/C14H16F3NOS/c15-14(16,17)11-4-2-1-3-10(11)8-18-12(19)7-13(9-20)5-6-13/h1-4,20H,5-9H2,(H,18,19). The summed E-state index contributed by atoms with van der Waals surface area (Å²) in [7, 11) is 0. The number of rotatable bonds is 5. The molecule has 1 aliphatic carbocycles. The molecule has 1 saturated carbocycles. The molecule has 0 spiro atoms. The van der Waals surface area contributed by atoms with E-state index in [1.54, 1.807) is 0 Å². The van der Waals surface area contributed by atoms with Gasteiger partial charge in [0.1, 0.15) is 0 Å². The van der Waals surface area contributed by atoms with Gasteiger partial charge in [0.2, 0.25) is 5.91 Å². The molecule has 20 heavy (non-hydrogen) atoms. The number of hydrogen-bond donors (Lipinski definition) is 2. The van der Waals surface area contributed by atoms with E-state index in [2.05, 4.69) is 17.9 Å². The molecule has 0 aliphatic heterocycles. The van der Waals surface area contributed by atoms with Gasteiger partial charge in [-0.25, -0.2) is 0 Å². The highest BCUT2D eigenvalue weighted by Gasteiger charge is 2.42. The summed E-state index contributed by atoms with van der Waals surface area (Å²) in [6.45, 7) is -0.100. The van der Waals surface area contributed by atoms with Gasteiger partial charge in [-0.05, 0) is 35.6 Å². The van der Waals surface area contributed by atoms with E-state index in [1.165, 1.54) is 18.2 Å². The molecule has 0 radical (unpaired) electrons. The zero-order chi connectivity index (χ0) is 14.8. The van der Waals surface area contributed by atoms with Gasteiger partial charge in [0.05, 0.1) is 5.56 Å². The van der Waals surface area contributed by atoms with Crippen LogP contribution in [-0.4, -0.2) is 11.7 Å². The SMILES string of the molecule is O=C(CC1(CS)CC1)NCc1ccccc1C(F)(F)F. The van der Waals surface area contributed by atoms with Gasteiger partial charge >= 0.3 is 6.18 Å². The number of carbonyl (C=O) groups is 1. The Morgan fingerprint density at radius 1 is 1.30 bits per heavy atom. The van der Waals surface area contributed by atoms with Gasteiger partial charge in [-0.2, -0.15) is 25.8 Å². The van der Waals surface area contributed by atoms with E-state index in [-0.39, 0.29) is 23.4 Å². The quantitative estimate of drug-likeness (QED) is 0.802. The molecular formula is C14H16F3NOS. The van der Waals surface area contributed by atoms with Crippen LogP contribution in [0.15, 0.2) is 24.3 Å². The third-order valence-corrected chi connectivity index (χ3v) is 4.30. The zero-order valence-corrected chi connectivity index (χ0v) is 11.7. The van der Waals surface area contributed by atoms with E-state index in [4.69, 9.17) is 0 Å². The summed E-state index contributed by atoms with van der Waals surface area (Å²) in [5.41, 5.74) is -0.642. The first-order valence-electron chi connectivity index (χ1n) is 6.39. The van der Waals surface area contributed by atoms with Crippen molar-refractivity contribution in [2.75, 3.05) is 5.75 Å². The zero-order valence-electron chi connectivity index (χ0n) is 10.8. The third-order valence-electron chi connectivity index (χ3n) is 3.63. The molecular weight excluding hydrogens is 287 g/mol. The number of thiol groups is 1. The molecule has 1 aliphatic rings. The molecule has 6 heteroatoms. The maximum Gasteiger partial charge on any atom is 0.416 e. The monoisotopic (exact) mass is 303 g/mol. The smallest absolute Gasteiger partial charge is 0.352 e. The van der Waals surface area contributed by atoms with Crippen molar-refractivity contribution in [3.8, 4) is 0 Å². The Kier molecular flexibility index (Phi) is 4.32. The van der Waals surface area contributed by atoms with Crippen molar-refractivity contribution in [1.29, 1.82) is 0 Å². The number of carbonyl (C=O) groups excluding carboxylic acids is 1. The van der Waals surface area contributed by atoms with Crippen LogP contribution in [0.5, 0.6) is 0 Å². The predicted molar refractivity (Wildman–Crippen MR) is 73.4 cm³/mol. The Morgan fingerprint density at radius 3 is 2.50 bits per heavy atom. The molecule has 0 atom stereocenters. The van der Waals surface area contributed by atoms with Gasteiger partial charge in [0.15, 0.2) is 0 Å². The lowest BCUT2D eigenvalue weighted by Gasteiger charge is -2.15. The van der Waals surface area contributed by atoms with Crippen molar-refractivity contribution in [3.63, 3.8) is 0 Å². The third kappa shape index (κ3) is 3.69. The number of halogens is 3. The van der Waals surface area contributed by atoms with Gasteiger partial charge in [0, 0.05) is 13.0 Å². The summed E-state index contributed by atoms with van der Waals surface area (Å²) >= 11 is 4.20. The maximum atomic E-state index is 12.8. The van der Waals surface area contributed by atoms with Crippen LogP contribution >= 0.6 is 12.6 Å². The molecule has 0 heterocycles. The fraction of sp³-hybridized carbons (Fsp3) is 0.500. The first kappa shape index (κ1) is 15.2. The Morgan fingerprint density at radius 2 is 1.95 bits per heavy atom. The molecule has 1 N–H and O–H groups in total. The maximum absolute atomic E-state index is 12.8. The Labute approximate surface area is 121 Å². The van der Waals surface area contributed by atoms with Crippen LogP contribution in [0.4, 0.5) is 13.2 Å². The predicted octanol–water partition coefficient (Wildman–Crippen LogP) is 3.42. The van der Waals surface area contributed by atoms with Crippen molar-refractivity contribution >= 4 is 18.5 Å². The van der Waals surface area contributed by atoms with E-state index < -0.39 is 11.7 Å². The normalized spacial score (nSPS) is 16.8. The first-order valence-corrected chi connectivity index (χ1v) is 7.02. The number of hydrogen-bond acceptors (Lipinski definition) is 2. The summed E-state index contributed by atoms with van der Waals surface area (Å²) in [4.78, 5) is 11.8. The van der Waals surface area contributed by atoms with E-state index in [0.29, 0.717) is 12.2 Å². The van der Waals surface area contributed by atoms with Crippen LogP contribution in [0.2, 0.25) is 0 Å². The van der Waals surface area contributed by atoms with Crippen molar-refractivity contribution in [2.45, 2.75) is 32.0 Å². The average molecular weight is 303 g/mol. The molecule has 0 bridgehead atoms. The highest BCUT2D eigenvalue weighted by Crippen LogP contribution is 2.49. The highest BCUT2D eigenvalue weighted by molar-refractivity contribution is 7.80. The van der Waals surface area contributed by atoms with Gasteiger partial charge in [0.25, 0.3) is 0 Å². The lowest BCUT2D eigenvalue weighted by atomic mass is 10.0. The second kappa shape index (κ2) is 5.68. The number of amides is 1. The van der Waals surface area contributed by atoms with Crippen LogP contribution in [0.25, 0.3) is 0 Å². The van der Waals surface area contributed by atoms with Crippen LogP contribution in [0.3, 0.4) is 0 Å². The van der Waals surface area contributed by atoms with Crippen molar-refractivity contribution in [1.82, 2.24) is 5.32 Å². The van der Waals surface area contributed by atoms with Gasteiger partial charge in [-0.1, -0.05) is 18.2 Å². The van der Waals surface area contributed by atoms with Crippen LogP contribution in [-0.2, 0) is 17.5 Å². The molecule has 2 nitrogen and oxygen atoms in total. The summed E-state index contributed by atoms with van der Waals surface area (Å²) in [6.07, 6.45) is -2.14. The molecule has 0 unspecified atom stereocenters. The number of nitrogens with one attached hydrogen (secondary N) is 1. The van der Waals surface area contributed by atoms with Gasteiger partial charge in [-0.15, -0.1) is 0 Å². The van der Waals surface area contributed by atoms with Crippen molar-refractivity contribution in [2.24, 2.45) is 5.41 Å². The van der Waals surface area contributed by atoms with E-state index in [0.717, 1.165) is 18.9 Å². The van der Waals surface area contributed by atoms with Crippen LogP contribution in [0.1, 0.15) is 30.4 Å². The molecule has 2 rings (SSSR count). The van der Waals surface area contributed by atoms with E-state index >= 15 is 0 Å². The molecule has 110 valence electrons. The second-order valence-electron chi connectivity index (χ2n) is 5.27. The molecule has 1 fully saturated rings. The van der Waals surface area contributed by atoms with Crippen LogP contribution < -0.4 is 5.32 Å². The summed E-state index contributed by atoms with van der Waals surface area (Å²) in [6, 6.07) is 5.28. The Bertz CT molecular complexity index is 497. The van der Waals surface area contributed by atoms with Gasteiger partial charge < -0.3 is 5.32 Å². The molecule has 0 saturated heterocycles. The largest absolute Gasteiger partial charge is 0.416 e. The summed E-state index contributed by atoms with van der Waals surface area (Å²) in [5, 5.41) is 2.57. The topological polar surface area (TPSA) is 29.1 Å². The molecule has 1 aromatic rings. The minimum Gasteiger partial charge on any atom is -0.352 e. The van der Waals surface area contributed by atoms with E-state index in [1.807, 2.05) is 0 Å². The molecule has 1 aromatic carbocycles.